The van der Waals surface area contributed by atoms with Gasteiger partial charge in [0.25, 0.3) is 5.91 Å². The maximum Gasteiger partial charge on any atom is 0.305 e. The van der Waals surface area contributed by atoms with Crippen molar-refractivity contribution in [1.29, 1.82) is 0 Å². The van der Waals surface area contributed by atoms with Gasteiger partial charge in [0.15, 0.2) is 0 Å². The van der Waals surface area contributed by atoms with E-state index in [9.17, 15) is 14.7 Å². The number of carboxylic acid groups (broad SMARTS) is 1. The predicted octanol–water partition coefficient (Wildman–Crippen LogP) is 3.56. The van der Waals surface area contributed by atoms with Gasteiger partial charge >= 0.3 is 5.97 Å². The summed E-state index contributed by atoms with van der Waals surface area (Å²) < 4.78 is 1.69. The number of nitrogens with zero attached hydrogens (tertiary/aromatic N) is 2. The van der Waals surface area contributed by atoms with Crippen LogP contribution in [0.25, 0.3) is 10.8 Å². The van der Waals surface area contributed by atoms with E-state index in [1.54, 1.807) is 16.9 Å². The fraction of sp³-hybridized carbons (Fsp3) is 0.250. The smallest absolute Gasteiger partial charge is 0.305 e. The Morgan fingerprint density at radius 2 is 1.85 bits per heavy atom. The highest BCUT2D eigenvalue weighted by Gasteiger charge is 2.22. The van der Waals surface area contributed by atoms with Gasteiger partial charge in [0.1, 0.15) is 5.69 Å². The van der Waals surface area contributed by atoms with Crippen LogP contribution in [0.5, 0.6) is 0 Å². The van der Waals surface area contributed by atoms with Crippen molar-refractivity contribution < 1.29 is 14.7 Å². The number of benzene rings is 2. The first-order chi connectivity index (χ1) is 12.5. The van der Waals surface area contributed by atoms with Crippen molar-refractivity contribution in [3.8, 4) is 0 Å². The molecule has 134 valence electrons. The van der Waals surface area contributed by atoms with Crippen molar-refractivity contribution in [2.45, 2.75) is 32.4 Å². The van der Waals surface area contributed by atoms with Crippen molar-refractivity contribution in [3.05, 3.63) is 66.0 Å². The van der Waals surface area contributed by atoms with Crippen LogP contribution in [0.2, 0.25) is 0 Å². The third-order valence-electron chi connectivity index (χ3n) is 4.25. The zero-order valence-corrected chi connectivity index (χ0v) is 14.7. The van der Waals surface area contributed by atoms with Gasteiger partial charge in [-0.1, -0.05) is 42.5 Å². The Morgan fingerprint density at radius 3 is 2.54 bits per heavy atom. The number of hydrogen-bond acceptors (Lipinski definition) is 3. The summed E-state index contributed by atoms with van der Waals surface area (Å²) in [6, 6.07) is 14.5. The third-order valence-corrected chi connectivity index (χ3v) is 4.25. The van der Waals surface area contributed by atoms with E-state index >= 15 is 0 Å². The van der Waals surface area contributed by atoms with Gasteiger partial charge in [0.05, 0.1) is 12.5 Å². The second-order valence-electron chi connectivity index (χ2n) is 6.47. The summed E-state index contributed by atoms with van der Waals surface area (Å²) in [5, 5.41) is 18.3. The number of aliphatic carboxylic acids is 1. The Labute approximate surface area is 151 Å². The molecule has 2 N–H and O–H groups in total. The summed E-state index contributed by atoms with van der Waals surface area (Å²) in [7, 11) is 0. The van der Waals surface area contributed by atoms with E-state index in [1.165, 1.54) is 0 Å². The zero-order valence-electron chi connectivity index (χ0n) is 14.7. The summed E-state index contributed by atoms with van der Waals surface area (Å²) in [6.07, 6.45) is 1.54. The Bertz CT molecular complexity index is 941. The lowest BCUT2D eigenvalue weighted by molar-refractivity contribution is -0.137. The number of carboxylic acids is 1. The second kappa shape index (κ2) is 7.39. The lowest BCUT2D eigenvalue weighted by atomic mass is 9.96. The van der Waals surface area contributed by atoms with E-state index in [1.807, 2.05) is 56.3 Å². The highest BCUT2D eigenvalue weighted by molar-refractivity contribution is 5.94. The SMILES string of the molecule is CC(C)n1ccc(C(=O)N[C@H](CC(=O)O)c2cccc3ccccc23)n1. The van der Waals surface area contributed by atoms with Gasteiger partial charge in [-0.3, -0.25) is 14.3 Å². The Morgan fingerprint density at radius 1 is 1.12 bits per heavy atom. The summed E-state index contributed by atoms with van der Waals surface area (Å²) in [6.45, 7) is 3.94. The fourth-order valence-electron chi connectivity index (χ4n) is 2.95. The third kappa shape index (κ3) is 3.74. The van der Waals surface area contributed by atoms with Crippen LogP contribution >= 0.6 is 0 Å². The molecule has 1 aromatic heterocycles. The Hall–Kier alpha value is -3.15. The van der Waals surface area contributed by atoms with Crippen LogP contribution in [0, 0.1) is 0 Å². The zero-order chi connectivity index (χ0) is 18.7. The molecular weight excluding hydrogens is 330 g/mol. The molecule has 0 spiro atoms. The van der Waals surface area contributed by atoms with Crippen molar-refractivity contribution in [3.63, 3.8) is 0 Å². The number of aromatic nitrogens is 2. The average molecular weight is 351 g/mol. The van der Waals surface area contributed by atoms with Gasteiger partial charge in [-0.2, -0.15) is 5.10 Å². The van der Waals surface area contributed by atoms with E-state index in [0.29, 0.717) is 0 Å². The maximum atomic E-state index is 12.6. The molecule has 0 bridgehead atoms. The van der Waals surface area contributed by atoms with Gasteiger partial charge in [0, 0.05) is 12.2 Å². The van der Waals surface area contributed by atoms with E-state index < -0.39 is 12.0 Å². The van der Waals surface area contributed by atoms with Crippen LogP contribution in [0.1, 0.15) is 48.4 Å². The van der Waals surface area contributed by atoms with Crippen molar-refractivity contribution in [2.75, 3.05) is 0 Å². The monoisotopic (exact) mass is 351 g/mol. The molecule has 0 saturated heterocycles. The normalized spacial score (nSPS) is 12.3. The quantitative estimate of drug-likeness (QED) is 0.711. The van der Waals surface area contributed by atoms with Crippen LogP contribution in [0.4, 0.5) is 0 Å². The Balaban J connectivity index is 1.92. The summed E-state index contributed by atoms with van der Waals surface area (Å²) >= 11 is 0. The molecule has 3 rings (SSSR count). The van der Waals surface area contributed by atoms with Gasteiger partial charge in [-0.15, -0.1) is 0 Å². The van der Waals surface area contributed by atoms with Gasteiger partial charge in [-0.05, 0) is 36.2 Å². The molecule has 0 radical (unpaired) electrons. The molecule has 0 fully saturated rings. The number of carbonyl (C=O) groups is 2. The van der Waals surface area contributed by atoms with Crippen molar-refractivity contribution >= 4 is 22.6 Å². The largest absolute Gasteiger partial charge is 0.481 e. The second-order valence-corrected chi connectivity index (χ2v) is 6.47. The average Bonchev–Trinajstić information content (AvgIpc) is 3.11. The molecule has 0 aliphatic carbocycles. The maximum absolute atomic E-state index is 12.6. The highest BCUT2D eigenvalue weighted by Crippen LogP contribution is 2.26. The number of nitrogens with one attached hydrogen (secondary N) is 1. The minimum atomic E-state index is -0.976. The molecule has 1 atom stereocenters. The molecule has 6 heteroatoms. The summed E-state index contributed by atoms with van der Waals surface area (Å²) in [4.78, 5) is 24.0. The molecule has 0 saturated carbocycles. The van der Waals surface area contributed by atoms with Crippen molar-refractivity contribution in [2.24, 2.45) is 0 Å². The number of fused-ring (bicyclic) bond motifs is 1. The van der Waals surface area contributed by atoms with Crippen LogP contribution in [-0.2, 0) is 4.79 Å². The van der Waals surface area contributed by atoms with Crippen LogP contribution in [0.3, 0.4) is 0 Å². The summed E-state index contributed by atoms with van der Waals surface area (Å²) in [5.41, 5.74) is 1.05. The topological polar surface area (TPSA) is 84.2 Å². The molecule has 1 heterocycles. The van der Waals surface area contributed by atoms with Gasteiger partial charge < -0.3 is 10.4 Å². The minimum Gasteiger partial charge on any atom is -0.481 e. The molecule has 26 heavy (non-hydrogen) atoms. The van der Waals surface area contributed by atoms with E-state index in [-0.39, 0.29) is 24.1 Å². The highest BCUT2D eigenvalue weighted by atomic mass is 16.4. The van der Waals surface area contributed by atoms with Crippen LogP contribution in [0.15, 0.2) is 54.7 Å². The first kappa shape index (κ1) is 17.7. The number of amides is 1. The first-order valence-corrected chi connectivity index (χ1v) is 8.51. The standard InChI is InChI=1S/C20H21N3O3/c1-13(2)23-11-10-17(22-23)20(26)21-18(12-19(24)25)16-9-5-7-14-6-3-4-8-15(14)16/h3-11,13,18H,12H2,1-2H3,(H,21,26)(H,24,25)/t18-/m1/s1. The lowest BCUT2D eigenvalue weighted by Crippen LogP contribution is -2.30. The van der Waals surface area contributed by atoms with E-state index in [0.717, 1.165) is 16.3 Å². The van der Waals surface area contributed by atoms with E-state index in [2.05, 4.69) is 10.4 Å². The van der Waals surface area contributed by atoms with Gasteiger partial charge in [0.2, 0.25) is 0 Å². The molecule has 3 aromatic rings. The first-order valence-electron chi connectivity index (χ1n) is 8.51. The van der Waals surface area contributed by atoms with Crippen molar-refractivity contribution in [1.82, 2.24) is 15.1 Å². The molecule has 1 amide bonds. The molecular formula is C20H21N3O3. The molecule has 2 aromatic carbocycles. The molecule has 0 aliphatic rings. The van der Waals surface area contributed by atoms with E-state index in [4.69, 9.17) is 0 Å². The van der Waals surface area contributed by atoms with Gasteiger partial charge in [-0.25, -0.2) is 0 Å². The van der Waals surface area contributed by atoms with Crippen LogP contribution < -0.4 is 5.32 Å². The predicted molar refractivity (Wildman–Crippen MR) is 99.0 cm³/mol. The lowest BCUT2D eigenvalue weighted by Gasteiger charge is -2.19. The Kier molecular flexibility index (Phi) is 5.02. The number of hydrogen-bond donors (Lipinski definition) is 2. The number of rotatable bonds is 6. The number of carbonyl (C=O) groups excluding carboxylic acids is 1. The molecule has 6 nitrogen and oxygen atoms in total. The van der Waals surface area contributed by atoms with Crippen LogP contribution in [-0.4, -0.2) is 26.8 Å². The summed E-state index contributed by atoms with van der Waals surface area (Å²) in [5.74, 6) is -1.36. The fourth-order valence-corrected chi connectivity index (χ4v) is 2.95. The molecule has 0 unspecified atom stereocenters. The minimum absolute atomic E-state index is 0.143. The molecule has 0 aliphatic heterocycles.